The fourth-order valence-electron chi connectivity index (χ4n) is 4.00. The molecule has 0 bridgehead atoms. The minimum Gasteiger partial charge on any atom is -0.497 e. The van der Waals surface area contributed by atoms with E-state index in [1.54, 1.807) is 55.5 Å². The van der Waals surface area contributed by atoms with Crippen molar-refractivity contribution in [3.05, 3.63) is 75.7 Å². The van der Waals surface area contributed by atoms with Crippen molar-refractivity contribution in [3.63, 3.8) is 0 Å². The number of fused-ring (bicyclic) bond motifs is 1. The maximum atomic E-state index is 12.6. The number of esters is 2. The van der Waals surface area contributed by atoms with E-state index in [9.17, 15) is 19.2 Å². The predicted octanol–water partition coefficient (Wildman–Crippen LogP) is 4.12. The van der Waals surface area contributed by atoms with Gasteiger partial charge in [0.15, 0.2) is 0 Å². The Bertz CT molecular complexity index is 1410. The monoisotopic (exact) mass is 549 g/mol. The van der Waals surface area contributed by atoms with E-state index in [1.165, 1.54) is 24.7 Å². The van der Waals surface area contributed by atoms with Gasteiger partial charge in [0.1, 0.15) is 16.5 Å². The van der Waals surface area contributed by atoms with Crippen molar-refractivity contribution in [2.75, 3.05) is 19.0 Å². The lowest BCUT2D eigenvalue weighted by molar-refractivity contribution is -0.136. The van der Waals surface area contributed by atoms with Crippen LogP contribution in [0, 0.1) is 0 Å². The van der Waals surface area contributed by atoms with E-state index in [0.717, 1.165) is 36.1 Å². The Morgan fingerprint density at radius 2 is 1.74 bits per heavy atom. The summed E-state index contributed by atoms with van der Waals surface area (Å²) in [7, 11) is 1.53. The second-order valence-electron chi connectivity index (χ2n) is 8.48. The van der Waals surface area contributed by atoms with Crippen molar-refractivity contribution in [3.8, 4) is 11.5 Å². The normalized spacial score (nSPS) is 12.4. The highest BCUT2D eigenvalue weighted by atomic mass is 32.1. The standard InChI is InChI=1S/C28H27N3O7S/c1-3-37-28(35)23-21-9-4-5-10-22(21)39-26(23)30-24(32)25(33)31-29-16-17-7-6-8-20(15-17)38-27(34)18-11-13-19(36-2)14-12-18/h6-8,11-16H,3-5,9-10H2,1-2H3,(H,30,32)(H,31,33)/b29-16-. The molecule has 0 aliphatic heterocycles. The number of nitrogens with one attached hydrogen (secondary N) is 2. The Balaban J connectivity index is 1.36. The largest absolute Gasteiger partial charge is 0.497 e. The molecule has 39 heavy (non-hydrogen) atoms. The van der Waals surface area contributed by atoms with E-state index in [-0.39, 0.29) is 12.4 Å². The van der Waals surface area contributed by atoms with E-state index in [0.29, 0.717) is 27.4 Å². The van der Waals surface area contributed by atoms with Crippen molar-refractivity contribution in [2.45, 2.75) is 32.6 Å². The molecular formula is C28H27N3O7S. The lowest BCUT2D eigenvalue weighted by Gasteiger charge is -2.12. The third-order valence-corrected chi connectivity index (χ3v) is 7.07. The van der Waals surface area contributed by atoms with Crippen LogP contribution in [0.5, 0.6) is 11.5 Å². The van der Waals surface area contributed by atoms with Gasteiger partial charge in [-0.3, -0.25) is 9.59 Å². The highest BCUT2D eigenvalue weighted by Crippen LogP contribution is 2.38. The molecule has 1 aliphatic rings. The van der Waals surface area contributed by atoms with Gasteiger partial charge >= 0.3 is 23.8 Å². The van der Waals surface area contributed by atoms with Gasteiger partial charge in [0, 0.05) is 4.88 Å². The van der Waals surface area contributed by atoms with Crippen LogP contribution in [-0.4, -0.2) is 43.7 Å². The Labute approximate surface area is 229 Å². The number of methoxy groups -OCH3 is 1. The van der Waals surface area contributed by atoms with Crippen molar-refractivity contribution in [1.29, 1.82) is 0 Å². The molecule has 1 aromatic heterocycles. The molecule has 0 atom stereocenters. The summed E-state index contributed by atoms with van der Waals surface area (Å²) in [6.07, 6.45) is 4.79. The molecule has 11 heteroatoms. The van der Waals surface area contributed by atoms with Gasteiger partial charge in [-0.1, -0.05) is 12.1 Å². The number of amides is 2. The smallest absolute Gasteiger partial charge is 0.343 e. The maximum absolute atomic E-state index is 12.6. The van der Waals surface area contributed by atoms with E-state index in [2.05, 4.69) is 15.8 Å². The first-order chi connectivity index (χ1) is 18.9. The molecule has 10 nitrogen and oxygen atoms in total. The molecular weight excluding hydrogens is 522 g/mol. The van der Waals surface area contributed by atoms with Gasteiger partial charge in [-0.2, -0.15) is 5.10 Å². The number of rotatable bonds is 8. The second kappa shape index (κ2) is 12.8. The zero-order chi connectivity index (χ0) is 27.8. The predicted molar refractivity (Wildman–Crippen MR) is 146 cm³/mol. The molecule has 0 unspecified atom stereocenters. The van der Waals surface area contributed by atoms with Crippen molar-refractivity contribution in [1.82, 2.24) is 5.43 Å². The maximum Gasteiger partial charge on any atom is 0.343 e. The first-order valence-electron chi connectivity index (χ1n) is 12.3. The number of hydrazone groups is 1. The van der Waals surface area contributed by atoms with E-state index < -0.39 is 23.8 Å². The number of hydrogen-bond donors (Lipinski definition) is 2. The Kier molecular flexibility index (Phi) is 9.06. The summed E-state index contributed by atoms with van der Waals surface area (Å²) in [5.41, 5.74) is 4.25. The molecule has 0 fully saturated rings. The summed E-state index contributed by atoms with van der Waals surface area (Å²) in [6.45, 7) is 1.91. The summed E-state index contributed by atoms with van der Waals surface area (Å²) in [6, 6.07) is 13.0. The molecule has 0 saturated heterocycles. The van der Waals surface area contributed by atoms with Gasteiger partial charge in [-0.25, -0.2) is 15.0 Å². The molecule has 2 amide bonds. The Morgan fingerprint density at radius 3 is 2.49 bits per heavy atom. The van der Waals surface area contributed by atoms with Gasteiger partial charge in [0.05, 0.1) is 31.1 Å². The van der Waals surface area contributed by atoms with Crippen LogP contribution in [-0.2, 0) is 27.2 Å². The minimum atomic E-state index is -1.01. The number of carbonyl (C=O) groups is 4. The van der Waals surface area contributed by atoms with Crippen LogP contribution in [0.2, 0.25) is 0 Å². The number of carbonyl (C=O) groups excluding carboxylic acids is 4. The molecule has 0 saturated carbocycles. The van der Waals surface area contributed by atoms with Crippen LogP contribution >= 0.6 is 11.3 Å². The molecule has 202 valence electrons. The lowest BCUT2D eigenvalue weighted by atomic mass is 9.95. The number of nitrogens with zero attached hydrogens (tertiary/aromatic N) is 1. The zero-order valence-corrected chi connectivity index (χ0v) is 22.3. The summed E-state index contributed by atoms with van der Waals surface area (Å²) in [5.74, 6) is -2.13. The van der Waals surface area contributed by atoms with Crippen molar-refractivity contribution in [2.24, 2.45) is 5.10 Å². The third-order valence-electron chi connectivity index (χ3n) is 5.86. The molecule has 1 aliphatic carbocycles. The van der Waals surface area contributed by atoms with Gasteiger partial charge in [-0.15, -0.1) is 11.3 Å². The molecule has 0 spiro atoms. The Hall–Kier alpha value is -4.51. The molecule has 4 rings (SSSR count). The van der Waals surface area contributed by atoms with Gasteiger partial charge in [0.25, 0.3) is 0 Å². The van der Waals surface area contributed by atoms with Crippen LogP contribution in [0.3, 0.4) is 0 Å². The number of hydrogen-bond acceptors (Lipinski definition) is 9. The molecule has 1 heterocycles. The van der Waals surface area contributed by atoms with Gasteiger partial charge in [0.2, 0.25) is 0 Å². The number of benzene rings is 2. The van der Waals surface area contributed by atoms with E-state index >= 15 is 0 Å². The zero-order valence-electron chi connectivity index (χ0n) is 21.4. The number of thiophene rings is 1. The van der Waals surface area contributed by atoms with Crippen LogP contribution in [0.25, 0.3) is 0 Å². The molecule has 3 aromatic rings. The number of ether oxygens (including phenoxy) is 3. The van der Waals surface area contributed by atoms with Gasteiger partial charge < -0.3 is 19.5 Å². The quantitative estimate of drug-likeness (QED) is 0.142. The summed E-state index contributed by atoms with van der Waals surface area (Å²) < 4.78 is 15.7. The summed E-state index contributed by atoms with van der Waals surface area (Å²) in [4.78, 5) is 50.9. The van der Waals surface area contributed by atoms with Crippen LogP contribution in [0.4, 0.5) is 5.00 Å². The Morgan fingerprint density at radius 1 is 0.974 bits per heavy atom. The van der Waals surface area contributed by atoms with Crippen molar-refractivity contribution < 1.29 is 33.4 Å². The average Bonchev–Trinajstić information content (AvgIpc) is 3.31. The minimum absolute atomic E-state index is 0.202. The topological polar surface area (TPSA) is 132 Å². The number of aryl methyl sites for hydroxylation is 1. The van der Waals surface area contributed by atoms with Gasteiger partial charge in [-0.05, 0) is 80.1 Å². The molecule has 0 radical (unpaired) electrons. The second-order valence-corrected chi connectivity index (χ2v) is 9.58. The highest BCUT2D eigenvalue weighted by Gasteiger charge is 2.28. The summed E-state index contributed by atoms with van der Waals surface area (Å²) >= 11 is 1.29. The summed E-state index contributed by atoms with van der Waals surface area (Å²) in [5, 5.41) is 6.66. The molecule has 2 aromatic carbocycles. The van der Waals surface area contributed by atoms with Crippen molar-refractivity contribution >= 4 is 46.3 Å². The third kappa shape index (κ3) is 6.88. The van der Waals surface area contributed by atoms with Crippen LogP contribution in [0.1, 0.15) is 56.5 Å². The first kappa shape index (κ1) is 27.5. The van der Waals surface area contributed by atoms with E-state index in [4.69, 9.17) is 14.2 Å². The number of anilines is 1. The van der Waals surface area contributed by atoms with E-state index in [1.807, 2.05) is 0 Å². The van der Waals surface area contributed by atoms with Crippen LogP contribution in [0.15, 0.2) is 53.6 Å². The fraction of sp³-hybridized carbons (Fsp3) is 0.250. The van der Waals surface area contributed by atoms with Crippen LogP contribution < -0.4 is 20.2 Å². The molecule has 2 N–H and O–H groups in total. The SMILES string of the molecule is CCOC(=O)c1c(NC(=O)C(=O)N/N=C\c2cccc(OC(=O)c3ccc(OC)cc3)c2)sc2c1CCCC2. The highest BCUT2D eigenvalue weighted by molar-refractivity contribution is 7.17. The first-order valence-corrected chi connectivity index (χ1v) is 13.1. The average molecular weight is 550 g/mol. The lowest BCUT2D eigenvalue weighted by Crippen LogP contribution is -2.32. The fourth-order valence-corrected chi connectivity index (χ4v) is 5.27.